The molecule has 16 heavy (non-hydrogen) atoms. The first kappa shape index (κ1) is 11.3. The Labute approximate surface area is 101 Å². The number of nitrogens with zero attached hydrogens (tertiary/aromatic N) is 2. The van der Waals surface area contributed by atoms with Crippen LogP contribution in [0.3, 0.4) is 0 Å². The number of thiocarbonyl (C=S) groups is 1. The molecule has 1 heterocycles. The lowest BCUT2D eigenvalue weighted by Gasteiger charge is -2.15. The minimum absolute atomic E-state index is 0.348. The first-order chi connectivity index (χ1) is 7.66. The fraction of sp³-hybridized carbons (Fsp3) is 0.545. The molecule has 1 aliphatic rings. The van der Waals surface area contributed by atoms with Crippen LogP contribution in [0.2, 0.25) is 0 Å². The van der Waals surface area contributed by atoms with E-state index in [1.54, 1.807) is 6.20 Å². The van der Waals surface area contributed by atoms with E-state index in [0.29, 0.717) is 11.0 Å². The van der Waals surface area contributed by atoms with E-state index in [-0.39, 0.29) is 0 Å². The lowest BCUT2D eigenvalue weighted by Crippen LogP contribution is -2.21. The van der Waals surface area contributed by atoms with Gasteiger partial charge in [-0.3, -0.25) is 0 Å². The molecule has 4 nitrogen and oxygen atoms in total. The van der Waals surface area contributed by atoms with E-state index in [9.17, 15) is 0 Å². The van der Waals surface area contributed by atoms with Crippen LogP contribution in [0.4, 0.5) is 5.82 Å². The van der Waals surface area contributed by atoms with E-state index in [1.807, 2.05) is 6.92 Å². The summed E-state index contributed by atoms with van der Waals surface area (Å²) in [6, 6.07) is 0.502. The van der Waals surface area contributed by atoms with Crippen LogP contribution in [0.1, 0.15) is 37.1 Å². The van der Waals surface area contributed by atoms with Crippen LogP contribution in [-0.2, 0) is 0 Å². The van der Waals surface area contributed by atoms with Crippen LogP contribution in [-0.4, -0.2) is 21.0 Å². The van der Waals surface area contributed by atoms with E-state index in [4.69, 9.17) is 18.0 Å². The Morgan fingerprint density at radius 1 is 1.50 bits per heavy atom. The molecule has 1 aliphatic carbocycles. The minimum atomic E-state index is 0.348. The molecule has 0 amide bonds. The molecule has 2 rings (SSSR count). The zero-order chi connectivity index (χ0) is 11.5. The molecule has 0 radical (unpaired) electrons. The van der Waals surface area contributed by atoms with E-state index in [2.05, 4.69) is 15.3 Å². The number of hydrogen-bond acceptors (Lipinski definition) is 4. The van der Waals surface area contributed by atoms with E-state index in [0.717, 1.165) is 17.2 Å². The van der Waals surface area contributed by atoms with Gasteiger partial charge in [0, 0.05) is 12.2 Å². The third-order valence-corrected chi connectivity index (χ3v) is 3.09. The molecule has 0 atom stereocenters. The summed E-state index contributed by atoms with van der Waals surface area (Å²) in [5, 5.41) is 3.41. The molecule has 3 N–H and O–H groups in total. The molecular weight excluding hydrogens is 220 g/mol. The largest absolute Gasteiger partial charge is 0.389 e. The molecule has 0 saturated heterocycles. The first-order valence-corrected chi connectivity index (χ1v) is 5.97. The van der Waals surface area contributed by atoms with E-state index < -0.39 is 0 Å². The summed E-state index contributed by atoms with van der Waals surface area (Å²) in [5.41, 5.74) is 6.39. The highest BCUT2D eigenvalue weighted by Gasteiger charge is 2.17. The standard InChI is InChI=1S/C11H16N4S/c1-7-13-6-9(10(12)16)11(14-7)15-8-4-2-3-5-8/h6,8H,2-5H2,1H3,(H2,12,16)(H,13,14,15). The van der Waals surface area contributed by atoms with Crippen molar-refractivity contribution < 1.29 is 0 Å². The Hall–Kier alpha value is -1.23. The predicted octanol–water partition coefficient (Wildman–Crippen LogP) is 1.77. The Bertz CT molecular complexity index is 399. The van der Waals surface area contributed by atoms with Gasteiger partial charge in [0.15, 0.2) is 0 Å². The van der Waals surface area contributed by atoms with Gasteiger partial charge in [-0.05, 0) is 19.8 Å². The van der Waals surface area contributed by atoms with Gasteiger partial charge in [-0.25, -0.2) is 9.97 Å². The topological polar surface area (TPSA) is 63.8 Å². The number of nitrogens with one attached hydrogen (secondary N) is 1. The maximum Gasteiger partial charge on any atom is 0.140 e. The Kier molecular flexibility index (Phi) is 3.33. The molecule has 1 saturated carbocycles. The second kappa shape index (κ2) is 4.74. The highest BCUT2D eigenvalue weighted by atomic mass is 32.1. The number of hydrogen-bond donors (Lipinski definition) is 2. The summed E-state index contributed by atoms with van der Waals surface area (Å²) in [5.74, 6) is 1.52. The van der Waals surface area contributed by atoms with E-state index >= 15 is 0 Å². The molecule has 5 heteroatoms. The second-order valence-corrected chi connectivity index (χ2v) is 4.61. The summed E-state index contributed by atoms with van der Waals surface area (Å²) >= 11 is 4.99. The molecular formula is C11H16N4S. The van der Waals surface area contributed by atoms with Crippen LogP contribution in [0.5, 0.6) is 0 Å². The SMILES string of the molecule is Cc1ncc(C(N)=S)c(NC2CCCC2)n1. The van der Waals surface area contributed by atoms with Crippen molar-refractivity contribution in [2.24, 2.45) is 5.73 Å². The van der Waals surface area contributed by atoms with Crippen molar-refractivity contribution in [3.8, 4) is 0 Å². The Balaban J connectivity index is 2.22. The van der Waals surface area contributed by atoms with Gasteiger partial charge in [0.1, 0.15) is 16.6 Å². The summed E-state index contributed by atoms with van der Waals surface area (Å²) in [7, 11) is 0. The highest BCUT2D eigenvalue weighted by Crippen LogP contribution is 2.23. The van der Waals surface area contributed by atoms with Crippen molar-refractivity contribution in [3.05, 3.63) is 17.6 Å². The van der Waals surface area contributed by atoms with Crippen molar-refractivity contribution in [1.29, 1.82) is 0 Å². The number of rotatable bonds is 3. The predicted molar refractivity (Wildman–Crippen MR) is 68.5 cm³/mol. The first-order valence-electron chi connectivity index (χ1n) is 5.57. The Morgan fingerprint density at radius 3 is 2.81 bits per heavy atom. The number of aromatic nitrogens is 2. The van der Waals surface area contributed by atoms with Gasteiger partial charge in [0.2, 0.25) is 0 Å². The zero-order valence-electron chi connectivity index (χ0n) is 9.36. The lowest BCUT2D eigenvalue weighted by atomic mass is 10.2. The molecule has 1 aromatic heterocycles. The van der Waals surface area contributed by atoms with Crippen molar-refractivity contribution in [3.63, 3.8) is 0 Å². The van der Waals surface area contributed by atoms with Gasteiger partial charge in [-0.2, -0.15) is 0 Å². The maximum absolute atomic E-state index is 5.65. The normalized spacial score (nSPS) is 16.3. The molecule has 0 unspecified atom stereocenters. The van der Waals surface area contributed by atoms with Gasteiger partial charge in [0.05, 0.1) is 5.56 Å². The quantitative estimate of drug-likeness (QED) is 0.783. The zero-order valence-corrected chi connectivity index (χ0v) is 10.2. The average Bonchev–Trinajstić information content (AvgIpc) is 2.70. The third kappa shape index (κ3) is 2.47. The van der Waals surface area contributed by atoms with Gasteiger partial charge < -0.3 is 11.1 Å². The maximum atomic E-state index is 5.65. The van der Waals surface area contributed by atoms with Crippen molar-refractivity contribution >= 4 is 23.0 Å². The number of nitrogens with two attached hydrogens (primary N) is 1. The minimum Gasteiger partial charge on any atom is -0.389 e. The van der Waals surface area contributed by atoms with Crippen molar-refractivity contribution in [2.45, 2.75) is 38.6 Å². The Morgan fingerprint density at radius 2 is 2.19 bits per heavy atom. The number of anilines is 1. The summed E-state index contributed by atoms with van der Waals surface area (Å²) in [6.07, 6.45) is 6.65. The monoisotopic (exact) mass is 236 g/mol. The van der Waals surface area contributed by atoms with Gasteiger partial charge in [-0.1, -0.05) is 25.1 Å². The van der Waals surface area contributed by atoms with Crippen LogP contribution < -0.4 is 11.1 Å². The van der Waals surface area contributed by atoms with Gasteiger partial charge >= 0.3 is 0 Å². The molecule has 1 fully saturated rings. The van der Waals surface area contributed by atoms with Gasteiger partial charge in [0.25, 0.3) is 0 Å². The van der Waals surface area contributed by atoms with Crippen LogP contribution in [0.15, 0.2) is 6.20 Å². The molecule has 0 bridgehead atoms. The lowest BCUT2D eigenvalue weighted by molar-refractivity contribution is 0.748. The van der Waals surface area contributed by atoms with Crippen LogP contribution in [0, 0.1) is 6.92 Å². The highest BCUT2D eigenvalue weighted by molar-refractivity contribution is 7.80. The average molecular weight is 236 g/mol. The number of aryl methyl sites for hydroxylation is 1. The molecule has 86 valence electrons. The fourth-order valence-corrected chi connectivity index (χ4v) is 2.17. The van der Waals surface area contributed by atoms with Crippen LogP contribution >= 0.6 is 12.2 Å². The van der Waals surface area contributed by atoms with Crippen molar-refractivity contribution in [2.75, 3.05) is 5.32 Å². The third-order valence-electron chi connectivity index (χ3n) is 2.87. The molecule has 1 aromatic rings. The fourth-order valence-electron chi connectivity index (χ4n) is 2.02. The van der Waals surface area contributed by atoms with Crippen molar-refractivity contribution in [1.82, 2.24) is 9.97 Å². The molecule has 0 spiro atoms. The van der Waals surface area contributed by atoms with Crippen LogP contribution in [0.25, 0.3) is 0 Å². The molecule has 0 aromatic carbocycles. The summed E-state index contributed by atoms with van der Waals surface area (Å²) in [6.45, 7) is 1.86. The smallest absolute Gasteiger partial charge is 0.140 e. The van der Waals surface area contributed by atoms with E-state index in [1.165, 1.54) is 25.7 Å². The second-order valence-electron chi connectivity index (χ2n) is 4.17. The summed E-state index contributed by atoms with van der Waals surface area (Å²) < 4.78 is 0. The molecule has 0 aliphatic heterocycles. The van der Waals surface area contributed by atoms with Gasteiger partial charge in [-0.15, -0.1) is 0 Å². The summed E-state index contributed by atoms with van der Waals surface area (Å²) in [4.78, 5) is 8.83.